The van der Waals surface area contributed by atoms with Crippen molar-refractivity contribution < 1.29 is 9.32 Å². The molecule has 0 saturated carbocycles. The summed E-state index contributed by atoms with van der Waals surface area (Å²) in [7, 11) is 0. The van der Waals surface area contributed by atoms with E-state index in [1.165, 1.54) is 6.07 Å². The molecule has 2 aromatic heterocycles. The first kappa shape index (κ1) is 16.4. The minimum absolute atomic E-state index is 0.152. The van der Waals surface area contributed by atoms with E-state index in [-0.39, 0.29) is 23.4 Å². The van der Waals surface area contributed by atoms with Crippen LogP contribution in [0.25, 0.3) is 0 Å². The number of hydrogen-bond donors (Lipinski definition) is 1. The molecule has 0 spiro atoms. The van der Waals surface area contributed by atoms with Crippen LogP contribution in [0.1, 0.15) is 73.3 Å². The molecular weight excluding hydrogens is 308 g/mol. The number of amides is 1. The predicted octanol–water partition coefficient (Wildman–Crippen LogP) is 2.42. The number of aromatic nitrogens is 3. The molecule has 0 aliphatic carbocycles. The first-order valence-corrected chi connectivity index (χ1v) is 8.37. The maximum absolute atomic E-state index is 12.7. The highest BCUT2D eigenvalue weighted by Gasteiger charge is 2.34. The van der Waals surface area contributed by atoms with E-state index in [9.17, 15) is 9.59 Å². The first-order chi connectivity index (χ1) is 11.5. The average Bonchev–Trinajstić information content (AvgIpc) is 3.22. The van der Waals surface area contributed by atoms with Gasteiger partial charge in [-0.25, -0.2) is 4.98 Å². The number of aryl methyl sites for hydroxylation is 1. The second kappa shape index (κ2) is 6.59. The van der Waals surface area contributed by atoms with Crippen molar-refractivity contribution >= 4 is 5.91 Å². The molecule has 24 heavy (non-hydrogen) atoms. The van der Waals surface area contributed by atoms with Gasteiger partial charge in [0.25, 0.3) is 11.5 Å². The van der Waals surface area contributed by atoms with E-state index < -0.39 is 0 Å². The topological polar surface area (TPSA) is 92.1 Å². The Morgan fingerprint density at radius 3 is 2.92 bits per heavy atom. The van der Waals surface area contributed by atoms with E-state index in [1.807, 2.05) is 20.8 Å². The third-order valence-electron chi connectivity index (χ3n) is 4.33. The first-order valence-electron chi connectivity index (χ1n) is 8.37. The van der Waals surface area contributed by atoms with Crippen molar-refractivity contribution in [2.24, 2.45) is 0 Å². The smallest absolute Gasteiger partial charge is 0.276 e. The number of carbonyl (C=O) groups is 1. The number of hydrogen-bond acceptors (Lipinski definition) is 5. The molecule has 0 aromatic carbocycles. The van der Waals surface area contributed by atoms with Gasteiger partial charge in [-0.2, -0.15) is 0 Å². The Morgan fingerprint density at radius 1 is 1.46 bits per heavy atom. The van der Waals surface area contributed by atoms with Crippen LogP contribution in [-0.4, -0.2) is 32.5 Å². The average molecular weight is 330 g/mol. The summed E-state index contributed by atoms with van der Waals surface area (Å²) in [5.74, 6) is 1.21. The zero-order chi connectivity index (χ0) is 17.3. The Hall–Kier alpha value is -2.44. The third kappa shape index (κ3) is 3.11. The number of carbonyl (C=O) groups excluding carboxylic acids is 1. The molecule has 3 heterocycles. The molecular formula is C17H22N4O3. The standard InChI is InChI=1S/C17H22N4O3/c1-4-11-8-13(20-24-11)17(23)21-7-5-6-14(21)16-18-12(10(2)3)9-15(22)19-16/h8-10,14H,4-7H2,1-3H3,(H,18,19,22). The normalized spacial score (nSPS) is 17.7. The molecule has 1 saturated heterocycles. The molecule has 1 fully saturated rings. The van der Waals surface area contributed by atoms with Gasteiger partial charge in [0, 0.05) is 25.1 Å². The van der Waals surface area contributed by atoms with Gasteiger partial charge in [-0.3, -0.25) is 9.59 Å². The molecule has 1 aliphatic heterocycles. The molecule has 7 nitrogen and oxygen atoms in total. The van der Waals surface area contributed by atoms with Crippen LogP contribution in [0.3, 0.4) is 0 Å². The van der Waals surface area contributed by atoms with Crippen LogP contribution < -0.4 is 5.56 Å². The van der Waals surface area contributed by atoms with Crippen LogP contribution in [0.15, 0.2) is 21.5 Å². The second-order valence-electron chi connectivity index (χ2n) is 6.40. The zero-order valence-electron chi connectivity index (χ0n) is 14.2. The van der Waals surface area contributed by atoms with Crippen molar-refractivity contribution in [2.45, 2.75) is 52.0 Å². The Morgan fingerprint density at radius 2 is 2.25 bits per heavy atom. The van der Waals surface area contributed by atoms with Gasteiger partial charge >= 0.3 is 0 Å². The third-order valence-corrected chi connectivity index (χ3v) is 4.33. The lowest BCUT2D eigenvalue weighted by Crippen LogP contribution is -2.32. The minimum Gasteiger partial charge on any atom is -0.361 e. The fourth-order valence-electron chi connectivity index (χ4n) is 2.97. The van der Waals surface area contributed by atoms with Crippen LogP contribution in [0, 0.1) is 0 Å². The summed E-state index contributed by atoms with van der Waals surface area (Å²) in [6.07, 6.45) is 2.33. The van der Waals surface area contributed by atoms with Crippen LogP contribution >= 0.6 is 0 Å². The Bertz CT molecular complexity index is 793. The van der Waals surface area contributed by atoms with E-state index in [2.05, 4.69) is 15.1 Å². The minimum atomic E-state index is -0.231. The van der Waals surface area contributed by atoms with E-state index in [0.29, 0.717) is 30.2 Å². The van der Waals surface area contributed by atoms with Crippen LogP contribution in [0.2, 0.25) is 0 Å². The molecule has 1 amide bonds. The summed E-state index contributed by atoms with van der Waals surface area (Å²) < 4.78 is 5.13. The molecule has 0 radical (unpaired) electrons. The highest BCUT2D eigenvalue weighted by Crippen LogP contribution is 2.31. The lowest BCUT2D eigenvalue weighted by Gasteiger charge is -2.23. The Labute approximate surface area is 140 Å². The van der Waals surface area contributed by atoms with Gasteiger partial charge in [0.15, 0.2) is 5.69 Å². The van der Waals surface area contributed by atoms with Crippen molar-refractivity contribution in [3.63, 3.8) is 0 Å². The number of aromatic amines is 1. The molecule has 1 unspecified atom stereocenters. The molecule has 7 heteroatoms. The molecule has 0 bridgehead atoms. The van der Waals surface area contributed by atoms with Crippen LogP contribution in [0.5, 0.6) is 0 Å². The predicted molar refractivity (Wildman–Crippen MR) is 87.8 cm³/mol. The van der Waals surface area contributed by atoms with Gasteiger partial charge < -0.3 is 14.4 Å². The summed E-state index contributed by atoms with van der Waals surface area (Å²) in [6, 6.07) is 2.96. The Balaban J connectivity index is 1.90. The number of nitrogens with zero attached hydrogens (tertiary/aromatic N) is 3. The molecule has 3 rings (SSSR count). The van der Waals surface area contributed by atoms with Gasteiger partial charge in [0.2, 0.25) is 0 Å². The number of H-pyrrole nitrogens is 1. The van der Waals surface area contributed by atoms with Gasteiger partial charge in [0.1, 0.15) is 11.6 Å². The monoisotopic (exact) mass is 330 g/mol. The maximum Gasteiger partial charge on any atom is 0.276 e. The fraction of sp³-hybridized carbons (Fsp3) is 0.529. The molecule has 2 aromatic rings. The van der Waals surface area contributed by atoms with Crippen molar-refractivity contribution in [1.82, 2.24) is 20.0 Å². The van der Waals surface area contributed by atoms with Crippen LogP contribution in [0.4, 0.5) is 0 Å². The van der Waals surface area contributed by atoms with Crippen molar-refractivity contribution in [1.29, 1.82) is 0 Å². The summed E-state index contributed by atoms with van der Waals surface area (Å²) in [4.78, 5) is 33.8. The molecule has 128 valence electrons. The molecule has 1 aliphatic rings. The SMILES string of the molecule is CCc1cc(C(=O)N2CCCC2c2nc(C(C)C)cc(=O)[nH]2)no1. The van der Waals surface area contributed by atoms with E-state index in [4.69, 9.17) is 4.52 Å². The Kier molecular flexibility index (Phi) is 4.51. The fourth-order valence-corrected chi connectivity index (χ4v) is 2.97. The van der Waals surface area contributed by atoms with E-state index >= 15 is 0 Å². The largest absolute Gasteiger partial charge is 0.361 e. The summed E-state index contributed by atoms with van der Waals surface area (Å²) >= 11 is 0. The quantitative estimate of drug-likeness (QED) is 0.929. The summed E-state index contributed by atoms with van der Waals surface area (Å²) in [6.45, 7) is 6.54. The molecule has 1 N–H and O–H groups in total. The number of likely N-dealkylation sites (tertiary alicyclic amines) is 1. The van der Waals surface area contributed by atoms with Crippen LogP contribution in [-0.2, 0) is 6.42 Å². The van der Waals surface area contributed by atoms with Gasteiger partial charge in [-0.1, -0.05) is 25.9 Å². The lowest BCUT2D eigenvalue weighted by atomic mass is 10.1. The van der Waals surface area contributed by atoms with E-state index in [1.54, 1.807) is 11.0 Å². The van der Waals surface area contributed by atoms with Gasteiger partial charge in [-0.05, 0) is 18.8 Å². The highest BCUT2D eigenvalue weighted by molar-refractivity contribution is 5.92. The van der Waals surface area contributed by atoms with E-state index in [0.717, 1.165) is 18.5 Å². The van der Waals surface area contributed by atoms with Crippen molar-refractivity contribution in [3.8, 4) is 0 Å². The summed E-state index contributed by atoms with van der Waals surface area (Å²) in [5, 5.41) is 3.86. The summed E-state index contributed by atoms with van der Waals surface area (Å²) in [5.41, 5.74) is 0.863. The number of nitrogens with one attached hydrogen (secondary N) is 1. The van der Waals surface area contributed by atoms with Crippen molar-refractivity contribution in [2.75, 3.05) is 6.54 Å². The van der Waals surface area contributed by atoms with Crippen molar-refractivity contribution in [3.05, 3.63) is 45.5 Å². The highest BCUT2D eigenvalue weighted by atomic mass is 16.5. The molecule has 1 atom stereocenters. The number of rotatable bonds is 4. The lowest BCUT2D eigenvalue weighted by molar-refractivity contribution is 0.0719. The second-order valence-corrected chi connectivity index (χ2v) is 6.40. The van der Waals surface area contributed by atoms with Gasteiger partial charge in [-0.15, -0.1) is 0 Å². The zero-order valence-corrected chi connectivity index (χ0v) is 14.2. The maximum atomic E-state index is 12.7. The van der Waals surface area contributed by atoms with Gasteiger partial charge in [0.05, 0.1) is 11.7 Å².